The summed E-state index contributed by atoms with van der Waals surface area (Å²) in [5.74, 6) is -0.581. The van der Waals surface area contributed by atoms with Gasteiger partial charge in [-0.3, -0.25) is 4.79 Å². The maximum Gasteiger partial charge on any atom is 0.258 e. The molecule has 3 rings (SSSR count). The molecule has 0 amide bonds. The summed E-state index contributed by atoms with van der Waals surface area (Å²) >= 11 is 0. The number of aromatic nitrogens is 2. The molecule has 4 nitrogen and oxygen atoms in total. The zero-order valence-electron chi connectivity index (χ0n) is 10.3. The molecule has 98 valence electrons. The number of benzene rings is 2. The van der Waals surface area contributed by atoms with Crippen LogP contribution in [0.1, 0.15) is 16.2 Å². The third kappa shape index (κ3) is 2.33. The van der Waals surface area contributed by atoms with E-state index in [4.69, 9.17) is 4.52 Å². The Labute approximate surface area is 113 Å². The molecule has 0 aliphatic heterocycles. The van der Waals surface area contributed by atoms with E-state index in [0.717, 1.165) is 5.56 Å². The molecule has 1 heterocycles. The summed E-state index contributed by atoms with van der Waals surface area (Å²) in [6.45, 7) is 0. The molecule has 0 bridgehead atoms. The van der Waals surface area contributed by atoms with Crippen molar-refractivity contribution in [2.45, 2.75) is 0 Å². The summed E-state index contributed by atoms with van der Waals surface area (Å²) in [7, 11) is 0. The number of hydrogen-bond donors (Lipinski definition) is 0. The number of ketones is 1. The van der Waals surface area contributed by atoms with Crippen LogP contribution in [-0.4, -0.2) is 15.9 Å². The van der Waals surface area contributed by atoms with Gasteiger partial charge in [0.25, 0.3) is 5.89 Å². The number of carbonyl (C=O) groups excluding carboxylic acids is 1. The average Bonchev–Trinajstić information content (AvgIpc) is 2.98. The number of carbonyl (C=O) groups is 1. The van der Waals surface area contributed by atoms with Crippen LogP contribution in [0, 0.1) is 5.82 Å². The van der Waals surface area contributed by atoms with Gasteiger partial charge in [-0.1, -0.05) is 23.4 Å². The fraction of sp³-hybridized carbons (Fsp3) is 0. The predicted molar refractivity (Wildman–Crippen MR) is 69.6 cm³/mol. The number of hydrogen-bond acceptors (Lipinski definition) is 4. The number of halogens is 1. The van der Waals surface area contributed by atoms with E-state index in [1.807, 2.05) is 18.2 Å². The predicted octanol–water partition coefficient (Wildman–Crippen LogP) is 3.11. The molecule has 0 fully saturated rings. The van der Waals surface area contributed by atoms with Gasteiger partial charge in [0, 0.05) is 11.1 Å². The van der Waals surface area contributed by atoms with Crippen LogP contribution in [0.15, 0.2) is 59.1 Å². The monoisotopic (exact) mass is 268 g/mol. The second-order valence-corrected chi connectivity index (χ2v) is 4.13. The zero-order valence-corrected chi connectivity index (χ0v) is 10.3. The second kappa shape index (κ2) is 5.05. The van der Waals surface area contributed by atoms with Gasteiger partial charge in [0.1, 0.15) is 5.82 Å². The van der Waals surface area contributed by atoms with Crippen LogP contribution in [0.4, 0.5) is 4.39 Å². The molecule has 0 aliphatic carbocycles. The van der Waals surface area contributed by atoms with Crippen LogP contribution in [0.3, 0.4) is 0 Å². The highest BCUT2D eigenvalue weighted by atomic mass is 19.1. The highest BCUT2D eigenvalue weighted by Gasteiger charge is 2.17. The molecule has 0 radical (unpaired) electrons. The first-order valence-electron chi connectivity index (χ1n) is 5.93. The lowest BCUT2D eigenvalue weighted by atomic mass is 10.1. The van der Waals surface area contributed by atoms with Gasteiger partial charge in [0.15, 0.2) is 0 Å². The molecular weight excluding hydrogens is 259 g/mol. The van der Waals surface area contributed by atoms with Gasteiger partial charge < -0.3 is 4.52 Å². The zero-order chi connectivity index (χ0) is 13.9. The fourth-order valence-corrected chi connectivity index (χ4v) is 1.74. The van der Waals surface area contributed by atoms with Crippen molar-refractivity contribution in [2.24, 2.45) is 0 Å². The van der Waals surface area contributed by atoms with Crippen LogP contribution in [0.5, 0.6) is 0 Å². The Morgan fingerprint density at radius 3 is 2.40 bits per heavy atom. The van der Waals surface area contributed by atoms with Gasteiger partial charge in [0.2, 0.25) is 11.6 Å². The third-order valence-corrected chi connectivity index (χ3v) is 2.76. The molecule has 5 heteroatoms. The highest BCUT2D eigenvalue weighted by molar-refractivity contribution is 6.06. The summed E-state index contributed by atoms with van der Waals surface area (Å²) in [6.07, 6.45) is 0. The molecule has 1 aromatic heterocycles. The molecule has 3 aromatic rings. The van der Waals surface area contributed by atoms with Crippen molar-refractivity contribution in [3.05, 3.63) is 71.8 Å². The van der Waals surface area contributed by atoms with Crippen molar-refractivity contribution >= 4 is 5.78 Å². The summed E-state index contributed by atoms with van der Waals surface area (Å²) in [4.78, 5) is 16.2. The highest BCUT2D eigenvalue weighted by Crippen LogP contribution is 2.17. The molecule has 0 unspecified atom stereocenters. The SMILES string of the molecule is O=C(c1ccc(F)cc1)c1noc(-c2ccccc2)n1. The van der Waals surface area contributed by atoms with E-state index in [-0.39, 0.29) is 11.7 Å². The Hall–Kier alpha value is -2.82. The Balaban J connectivity index is 1.90. The summed E-state index contributed by atoms with van der Waals surface area (Å²) < 4.78 is 17.9. The van der Waals surface area contributed by atoms with Crippen molar-refractivity contribution < 1.29 is 13.7 Å². The minimum atomic E-state index is -0.407. The largest absolute Gasteiger partial charge is 0.333 e. The van der Waals surface area contributed by atoms with Crippen molar-refractivity contribution in [1.29, 1.82) is 0 Å². The molecule has 2 aromatic carbocycles. The maximum absolute atomic E-state index is 12.8. The van der Waals surface area contributed by atoms with Gasteiger partial charge in [-0.25, -0.2) is 4.39 Å². The van der Waals surface area contributed by atoms with E-state index >= 15 is 0 Å². The molecule has 0 atom stereocenters. The third-order valence-electron chi connectivity index (χ3n) is 2.76. The van der Waals surface area contributed by atoms with Crippen LogP contribution >= 0.6 is 0 Å². The Bertz CT molecular complexity index is 736. The van der Waals surface area contributed by atoms with Crippen LogP contribution in [0.25, 0.3) is 11.5 Å². The van der Waals surface area contributed by atoms with Crippen molar-refractivity contribution in [3.8, 4) is 11.5 Å². The lowest BCUT2D eigenvalue weighted by Gasteiger charge is -1.95. The average molecular weight is 268 g/mol. The molecule has 0 spiro atoms. The number of rotatable bonds is 3. The van der Waals surface area contributed by atoms with Crippen LogP contribution < -0.4 is 0 Å². The van der Waals surface area contributed by atoms with Gasteiger partial charge >= 0.3 is 0 Å². The second-order valence-electron chi connectivity index (χ2n) is 4.13. The van der Waals surface area contributed by atoms with Gasteiger partial charge in [-0.15, -0.1) is 0 Å². The van der Waals surface area contributed by atoms with Crippen molar-refractivity contribution in [3.63, 3.8) is 0 Å². The Morgan fingerprint density at radius 1 is 1.00 bits per heavy atom. The summed E-state index contributed by atoms with van der Waals surface area (Å²) in [5.41, 5.74) is 1.05. The van der Waals surface area contributed by atoms with Gasteiger partial charge in [-0.05, 0) is 36.4 Å². The standard InChI is InChI=1S/C15H9FN2O2/c16-12-8-6-10(7-9-12)13(19)14-17-15(20-18-14)11-4-2-1-3-5-11/h1-9H. The molecule has 0 saturated carbocycles. The first kappa shape index (κ1) is 12.2. The smallest absolute Gasteiger partial charge is 0.258 e. The van der Waals surface area contributed by atoms with Crippen LogP contribution in [-0.2, 0) is 0 Å². The Kier molecular flexibility index (Phi) is 3.09. The van der Waals surface area contributed by atoms with E-state index in [0.29, 0.717) is 5.56 Å². The lowest BCUT2D eigenvalue weighted by Crippen LogP contribution is -2.03. The summed E-state index contributed by atoms with van der Waals surface area (Å²) in [5, 5.41) is 3.66. The quantitative estimate of drug-likeness (QED) is 0.685. The van der Waals surface area contributed by atoms with E-state index < -0.39 is 11.6 Å². The minimum Gasteiger partial charge on any atom is -0.333 e. The lowest BCUT2D eigenvalue weighted by molar-refractivity contribution is 0.102. The molecular formula is C15H9FN2O2. The topological polar surface area (TPSA) is 56.0 Å². The molecule has 0 aliphatic rings. The van der Waals surface area contributed by atoms with E-state index in [1.165, 1.54) is 24.3 Å². The van der Waals surface area contributed by atoms with E-state index in [9.17, 15) is 9.18 Å². The maximum atomic E-state index is 12.8. The Morgan fingerprint density at radius 2 is 1.70 bits per heavy atom. The van der Waals surface area contributed by atoms with Crippen LogP contribution in [0.2, 0.25) is 0 Å². The first-order valence-corrected chi connectivity index (χ1v) is 5.93. The van der Waals surface area contributed by atoms with Gasteiger partial charge in [0.05, 0.1) is 0 Å². The van der Waals surface area contributed by atoms with E-state index in [1.54, 1.807) is 12.1 Å². The minimum absolute atomic E-state index is 0.0459. The van der Waals surface area contributed by atoms with E-state index in [2.05, 4.69) is 10.1 Å². The van der Waals surface area contributed by atoms with Gasteiger partial charge in [-0.2, -0.15) is 4.98 Å². The first-order chi connectivity index (χ1) is 9.74. The number of nitrogens with zero attached hydrogens (tertiary/aromatic N) is 2. The van der Waals surface area contributed by atoms with Crippen molar-refractivity contribution in [2.75, 3.05) is 0 Å². The summed E-state index contributed by atoms with van der Waals surface area (Å²) in [6, 6.07) is 14.3. The fourth-order valence-electron chi connectivity index (χ4n) is 1.74. The normalized spacial score (nSPS) is 10.4. The molecule has 0 N–H and O–H groups in total. The molecule has 20 heavy (non-hydrogen) atoms. The van der Waals surface area contributed by atoms with Crippen molar-refractivity contribution in [1.82, 2.24) is 10.1 Å². The molecule has 0 saturated heterocycles.